The zero-order valence-corrected chi connectivity index (χ0v) is 25.0. The van der Waals surface area contributed by atoms with Gasteiger partial charge in [-0.05, 0) is 73.5 Å². The summed E-state index contributed by atoms with van der Waals surface area (Å²) in [5.74, 6) is -0.433. The molecule has 0 aliphatic heterocycles. The minimum Gasteiger partial charge on any atom is -0.497 e. The van der Waals surface area contributed by atoms with Crippen molar-refractivity contribution in [2.24, 2.45) is 0 Å². The topological polar surface area (TPSA) is 96.0 Å². The zero-order valence-electron chi connectivity index (χ0n) is 22.6. The van der Waals surface area contributed by atoms with Crippen molar-refractivity contribution in [2.75, 3.05) is 24.5 Å². The summed E-state index contributed by atoms with van der Waals surface area (Å²) in [6.45, 7) is 3.54. The molecule has 3 aromatic carbocycles. The maximum Gasteiger partial charge on any atom is 0.264 e. The number of hydrogen-bond donors (Lipinski definition) is 1. The van der Waals surface area contributed by atoms with E-state index in [9.17, 15) is 18.0 Å². The van der Waals surface area contributed by atoms with Gasteiger partial charge in [-0.2, -0.15) is 0 Å². The maximum atomic E-state index is 13.9. The van der Waals surface area contributed by atoms with Crippen LogP contribution in [0.25, 0.3) is 0 Å². The minimum absolute atomic E-state index is 0.0118. The number of ether oxygens (including phenoxy) is 1. The molecular weight excluding hydrogens is 573 g/mol. The Morgan fingerprint density at radius 3 is 2.23 bits per heavy atom. The molecule has 0 aliphatic rings. The molecule has 40 heavy (non-hydrogen) atoms. The third kappa shape index (κ3) is 7.90. The lowest BCUT2D eigenvalue weighted by molar-refractivity contribution is -0.139. The molecule has 2 amide bonds. The zero-order chi connectivity index (χ0) is 29.3. The minimum atomic E-state index is -4.20. The first-order valence-electron chi connectivity index (χ1n) is 12.8. The number of methoxy groups -OCH3 is 1. The van der Waals surface area contributed by atoms with Crippen LogP contribution in [-0.2, 0) is 26.2 Å². The molecule has 214 valence electrons. The van der Waals surface area contributed by atoms with Gasteiger partial charge >= 0.3 is 0 Å². The second-order valence-corrected chi connectivity index (χ2v) is 11.8. The van der Waals surface area contributed by atoms with Gasteiger partial charge in [0, 0.05) is 23.1 Å². The predicted molar refractivity (Wildman–Crippen MR) is 158 cm³/mol. The van der Waals surface area contributed by atoms with Crippen molar-refractivity contribution in [3.05, 3.63) is 88.4 Å². The van der Waals surface area contributed by atoms with E-state index in [1.165, 1.54) is 48.4 Å². The summed E-state index contributed by atoms with van der Waals surface area (Å²) in [4.78, 5) is 28.2. The van der Waals surface area contributed by atoms with Crippen LogP contribution in [0, 0.1) is 0 Å². The molecule has 0 unspecified atom stereocenters. The Labute approximate surface area is 245 Å². The third-order valence-electron chi connectivity index (χ3n) is 6.34. The van der Waals surface area contributed by atoms with Crippen LogP contribution in [0.3, 0.4) is 0 Å². The van der Waals surface area contributed by atoms with Gasteiger partial charge in [0.25, 0.3) is 10.0 Å². The summed E-state index contributed by atoms with van der Waals surface area (Å²) in [5, 5.41) is 3.69. The Balaban J connectivity index is 2.00. The highest BCUT2D eigenvalue weighted by atomic mass is 35.5. The van der Waals surface area contributed by atoms with Crippen molar-refractivity contribution < 1.29 is 22.7 Å². The number of amides is 2. The van der Waals surface area contributed by atoms with Crippen molar-refractivity contribution >= 4 is 50.7 Å². The number of benzene rings is 3. The van der Waals surface area contributed by atoms with E-state index in [0.29, 0.717) is 27.9 Å². The van der Waals surface area contributed by atoms with Crippen LogP contribution in [-0.4, -0.2) is 51.4 Å². The molecule has 0 saturated carbocycles. The molecule has 1 atom stereocenters. The highest BCUT2D eigenvalue weighted by molar-refractivity contribution is 7.92. The number of unbranched alkanes of at least 4 members (excludes halogenated alkanes) is 1. The van der Waals surface area contributed by atoms with Crippen molar-refractivity contribution in [2.45, 2.75) is 44.2 Å². The lowest BCUT2D eigenvalue weighted by atomic mass is 10.1. The predicted octanol–water partition coefficient (Wildman–Crippen LogP) is 5.53. The van der Waals surface area contributed by atoms with Gasteiger partial charge in [0.1, 0.15) is 18.3 Å². The van der Waals surface area contributed by atoms with E-state index in [4.69, 9.17) is 27.9 Å². The van der Waals surface area contributed by atoms with Crippen molar-refractivity contribution in [3.8, 4) is 5.75 Å². The molecule has 1 N–H and O–H groups in total. The van der Waals surface area contributed by atoms with E-state index in [1.54, 1.807) is 43.3 Å². The Morgan fingerprint density at radius 1 is 0.975 bits per heavy atom. The van der Waals surface area contributed by atoms with Crippen LogP contribution in [0.15, 0.2) is 77.7 Å². The standard InChI is InChI=1S/C29H33Cl2N3O5S/c1-4-5-18-32-29(36)21(2)33(19-22-8-6-7-9-27(22)31)28(35)20-34(24-12-10-23(30)11-13-24)40(37,38)26-16-14-25(39-3)15-17-26/h6-17,21H,4-5,18-20H2,1-3H3,(H,32,36)/t21-/m1/s1. The second-order valence-electron chi connectivity index (χ2n) is 9.10. The highest BCUT2D eigenvalue weighted by Gasteiger charge is 2.32. The quantitative estimate of drug-likeness (QED) is 0.258. The van der Waals surface area contributed by atoms with Gasteiger partial charge in [-0.25, -0.2) is 8.42 Å². The molecule has 0 bridgehead atoms. The van der Waals surface area contributed by atoms with Crippen LogP contribution < -0.4 is 14.4 Å². The summed E-state index contributed by atoms with van der Waals surface area (Å²) >= 11 is 12.4. The number of nitrogens with zero attached hydrogens (tertiary/aromatic N) is 2. The molecule has 3 rings (SSSR count). The molecule has 3 aromatic rings. The number of carbonyl (C=O) groups is 2. The van der Waals surface area contributed by atoms with Gasteiger partial charge in [0.05, 0.1) is 17.7 Å². The fourth-order valence-electron chi connectivity index (χ4n) is 3.94. The Morgan fingerprint density at radius 2 is 1.62 bits per heavy atom. The molecular formula is C29H33Cl2N3O5S. The van der Waals surface area contributed by atoms with Gasteiger partial charge in [0.15, 0.2) is 0 Å². The van der Waals surface area contributed by atoms with Crippen LogP contribution >= 0.6 is 23.2 Å². The number of carbonyl (C=O) groups excluding carboxylic acids is 2. The van der Waals surface area contributed by atoms with Gasteiger partial charge in [0.2, 0.25) is 11.8 Å². The lowest BCUT2D eigenvalue weighted by Crippen LogP contribution is -2.51. The maximum absolute atomic E-state index is 13.9. The summed E-state index contributed by atoms with van der Waals surface area (Å²) in [6.07, 6.45) is 1.69. The Bertz CT molecular complexity index is 1400. The number of halogens is 2. The first-order chi connectivity index (χ1) is 19.1. The smallest absolute Gasteiger partial charge is 0.264 e. The van der Waals surface area contributed by atoms with Crippen molar-refractivity contribution in [1.29, 1.82) is 0 Å². The first kappa shape index (κ1) is 31.3. The lowest BCUT2D eigenvalue weighted by Gasteiger charge is -2.32. The average molecular weight is 607 g/mol. The number of sulfonamides is 1. The van der Waals surface area contributed by atoms with E-state index in [1.807, 2.05) is 6.92 Å². The highest BCUT2D eigenvalue weighted by Crippen LogP contribution is 2.27. The van der Waals surface area contributed by atoms with Gasteiger partial charge < -0.3 is 15.0 Å². The van der Waals surface area contributed by atoms with Crippen LogP contribution in [0.5, 0.6) is 5.75 Å². The van der Waals surface area contributed by atoms with Gasteiger partial charge in [-0.1, -0.05) is 54.7 Å². The van der Waals surface area contributed by atoms with E-state index < -0.39 is 28.5 Å². The van der Waals surface area contributed by atoms with Crippen molar-refractivity contribution in [1.82, 2.24) is 10.2 Å². The number of hydrogen-bond acceptors (Lipinski definition) is 5. The molecule has 0 radical (unpaired) electrons. The SMILES string of the molecule is CCCCNC(=O)[C@@H](C)N(Cc1ccccc1Cl)C(=O)CN(c1ccc(Cl)cc1)S(=O)(=O)c1ccc(OC)cc1. The van der Waals surface area contributed by atoms with E-state index in [-0.39, 0.29) is 23.0 Å². The fourth-order valence-corrected chi connectivity index (χ4v) is 5.68. The molecule has 11 heteroatoms. The molecule has 0 heterocycles. The Kier molecular flexibility index (Phi) is 11.2. The number of rotatable bonds is 13. The monoisotopic (exact) mass is 605 g/mol. The Hall–Kier alpha value is -3.27. The summed E-state index contributed by atoms with van der Waals surface area (Å²) in [5.41, 5.74) is 0.869. The molecule has 0 saturated heterocycles. The third-order valence-corrected chi connectivity index (χ3v) is 8.75. The summed E-state index contributed by atoms with van der Waals surface area (Å²) < 4.78 is 33.9. The summed E-state index contributed by atoms with van der Waals surface area (Å²) in [6, 6.07) is 18.1. The summed E-state index contributed by atoms with van der Waals surface area (Å²) in [7, 11) is -2.72. The van der Waals surface area contributed by atoms with Crippen LogP contribution in [0.1, 0.15) is 32.3 Å². The van der Waals surface area contributed by atoms with Gasteiger partial charge in [-0.15, -0.1) is 0 Å². The van der Waals surface area contributed by atoms with Gasteiger partial charge in [-0.3, -0.25) is 13.9 Å². The molecule has 0 aliphatic carbocycles. The van der Waals surface area contributed by atoms with E-state index in [0.717, 1.165) is 17.1 Å². The average Bonchev–Trinajstić information content (AvgIpc) is 2.95. The number of nitrogens with one attached hydrogen (secondary N) is 1. The van der Waals surface area contributed by atoms with Crippen LogP contribution in [0.2, 0.25) is 10.0 Å². The molecule has 8 nitrogen and oxygen atoms in total. The molecule has 0 aromatic heterocycles. The molecule has 0 fully saturated rings. The van der Waals surface area contributed by atoms with E-state index >= 15 is 0 Å². The first-order valence-corrected chi connectivity index (χ1v) is 15.0. The second kappa shape index (κ2) is 14.4. The fraction of sp³-hybridized carbons (Fsp3) is 0.310. The number of anilines is 1. The van der Waals surface area contributed by atoms with Crippen LogP contribution in [0.4, 0.5) is 5.69 Å². The normalized spacial score (nSPS) is 11.9. The molecule has 0 spiro atoms. The van der Waals surface area contributed by atoms with E-state index in [2.05, 4.69) is 5.32 Å². The largest absolute Gasteiger partial charge is 0.497 e. The van der Waals surface area contributed by atoms with Crippen molar-refractivity contribution in [3.63, 3.8) is 0 Å².